The molecule has 2 N–H and O–H groups in total. The average Bonchev–Trinajstić information content (AvgIpc) is 2.73. The third-order valence-corrected chi connectivity index (χ3v) is 4.89. The summed E-state index contributed by atoms with van der Waals surface area (Å²) in [5.41, 5.74) is 4.89. The number of hydrazone groups is 1. The van der Waals surface area contributed by atoms with E-state index in [-0.39, 0.29) is 12.4 Å². The second kappa shape index (κ2) is 9.89. The molecule has 0 atom stereocenters. The van der Waals surface area contributed by atoms with E-state index in [0.29, 0.717) is 5.71 Å². The molecule has 2 aromatic carbocycles. The third kappa shape index (κ3) is 5.82. The SMILES string of the molecule is C/C(=N/NC(=O)COc1ccccc1F)c1ccc(NC2=NCCCS2)cc1. The Balaban J connectivity index is 1.50. The normalized spacial score (nSPS) is 14.2. The summed E-state index contributed by atoms with van der Waals surface area (Å²) >= 11 is 1.72. The minimum atomic E-state index is -0.513. The Morgan fingerprint density at radius 2 is 2.04 bits per heavy atom. The standard InChI is InChI=1S/C20H21FN4O2S/c1-14(24-25-19(26)13-27-18-6-3-2-5-17(18)21)15-7-9-16(10-8-15)23-20-22-11-4-12-28-20/h2-3,5-10H,4,11-13H2,1H3,(H,22,23)(H,25,26)/b24-14-. The van der Waals surface area contributed by atoms with E-state index >= 15 is 0 Å². The molecule has 6 nitrogen and oxygen atoms in total. The van der Waals surface area contributed by atoms with Gasteiger partial charge in [0.15, 0.2) is 23.3 Å². The van der Waals surface area contributed by atoms with Crippen LogP contribution in [0.4, 0.5) is 10.1 Å². The van der Waals surface area contributed by atoms with Gasteiger partial charge in [-0.1, -0.05) is 36.0 Å². The molecule has 0 aliphatic carbocycles. The van der Waals surface area contributed by atoms with Gasteiger partial charge in [0.25, 0.3) is 5.91 Å². The maximum absolute atomic E-state index is 13.5. The Kier molecular flexibility index (Phi) is 7.02. The van der Waals surface area contributed by atoms with Gasteiger partial charge in [0.1, 0.15) is 0 Å². The van der Waals surface area contributed by atoms with E-state index in [9.17, 15) is 9.18 Å². The highest BCUT2D eigenvalue weighted by molar-refractivity contribution is 8.14. The molecule has 3 rings (SSSR count). The van der Waals surface area contributed by atoms with E-state index in [1.807, 2.05) is 24.3 Å². The number of halogens is 1. The summed E-state index contributed by atoms with van der Waals surface area (Å²) in [6.07, 6.45) is 1.11. The van der Waals surface area contributed by atoms with E-state index in [4.69, 9.17) is 4.74 Å². The van der Waals surface area contributed by atoms with Gasteiger partial charge < -0.3 is 10.1 Å². The maximum Gasteiger partial charge on any atom is 0.277 e. The van der Waals surface area contributed by atoms with Crippen molar-refractivity contribution in [3.05, 3.63) is 59.9 Å². The van der Waals surface area contributed by atoms with Crippen LogP contribution in [0.3, 0.4) is 0 Å². The van der Waals surface area contributed by atoms with Crippen LogP contribution in [-0.2, 0) is 4.79 Å². The molecule has 8 heteroatoms. The molecule has 1 heterocycles. The number of anilines is 1. The first-order chi connectivity index (χ1) is 13.6. The number of thioether (sulfide) groups is 1. The number of nitrogens with one attached hydrogen (secondary N) is 2. The van der Waals surface area contributed by atoms with Crippen LogP contribution < -0.4 is 15.5 Å². The number of carbonyl (C=O) groups is 1. The fraction of sp³-hybridized carbons (Fsp3) is 0.250. The number of carbonyl (C=O) groups excluding carboxylic acids is 1. The monoisotopic (exact) mass is 400 g/mol. The third-order valence-electron chi connectivity index (χ3n) is 3.89. The van der Waals surface area contributed by atoms with E-state index in [0.717, 1.165) is 35.1 Å². The number of hydrogen-bond acceptors (Lipinski definition) is 6. The number of rotatable bonds is 6. The summed E-state index contributed by atoms with van der Waals surface area (Å²) < 4.78 is 18.6. The molecule has 146 valence electrons. The topological polar surface area (TPSA) is 75.1 Å². The molecule has 0 saturated carbocycles. The molecule has 0 radical (unpaired) electrons. The predicted molar refractivity (Wildman–Crippen MR) is 112 cm³/mol. The molecule has 0 fully saturated rings. The van der Waals surface area contributed by atoms with Crippen LogP contribution in [0, 0.1) is 5.82 Å². The smallest absolute Gasteiger partial charge is 0.277 e. The average molecular weight is 400 g/mol. The molecule has 0 unspecified atom stereocenters. The lowest BCUT2D eigenvalue weighted by molar-refractivity contribution is -0.123. The Morgan fingerprint density at radius 3 is 2.75 bits per heavy atom. The van der Waals surface area contributed by atoms with Gasteiger partial charge in [0.05, 0.1) is 5.71 Å². The second-order valence-electron chi connectivity index (χ2n) is 6.04. The molecule has 28 heavy (non-hydrogen) atoms. The highest BCUT2D eigenvalue weighted by atomic mass is 32.2. The van der Waals surface area contributed by atoms with Crippen molar-refractivity contribution in [1.29, 1.82) is 0 Å². The predicted octanol–water partition coefficient (Wildman–Crippen LogP) is 3.65. The van der Waals surface area contributed by atoms with Gasteiger partial charge in [-0.2, -0.15) is 5.10 Å². The van der Waals surface area contributed by atoms with Crippen LogP contribution in [0.25, 0.3) is 0 Å². The van der Waals surface area contributed by atoms with Gasteiger partial charge in [-0.3, -0.25) is 9.79 Å². The Labute approximate surface area is 167 Å². The zero-order valence-electron chi connectivity index (χ0n) is 15.4. The van der Waals surface area contributed by atoms with Gasteiger partial charge >= 0.3 is 0 Å². The van der Waals surface area contributed by atoms with Crippen LogP contribution in [0.2, 0.25) is 0 Å². The summed E-state index contributed by atoms with van der Waals surface area (Å²) in [5.74, 6) is 0.132. The molecule has 1 aliphatic heterocycles. The molecule has 1 aliphatic rings. The van der Waals surface area contributed by atoms with Crippen LogP contribution in [-0.4, -0.2) is 35.7 Å². The summed E-state index contributed by atoms with van der Waals surface area (Å²) in [6, 6.07) is 13.6. The number of nitrogens with zero attached hydrogens (tertiary/aromatic N) is 2. The highest BCUT2D eigenvalue weighted by Crippen LogP contribution is 2.17. The summed E-state index contributed by atoms with van der Waals surface area (Å²) in [6.45, 7) is 2.33. The largest absolute Gasteiger partial charge is 0.481 e. The van der Waals surface area contributed by atoms with E-state index < -0.39 is 11.7 Å². The summed E-state index contributed by atoms with van der Waals surface area (Å²) in [7, 11) is 0. The van der Waals surface area contributed by atoms with Crippen LogP contribution >= 0.6 is 11.8 Å². The Bertz CT molecular complexity index is 884. The minimum absolute atomic E-state index is 0.0298. The Morgan fingerprint density at radius 1 is 1.25 bits per heavy atom. The van der Waals surface area contributed by atoms with Crippen molar-refractivity contribution >= 4 is 34.2 Å². The molecule has 0 aromatic heterocycles. The molecule has 2 aromatic rings. The molecule has 0 spiro atoms. The first kappa shape index (κ1) is 19.9. The molecule has 0 bridgehead atoms. The van der Waals surface area contributed by atoms with Crippen LogP contribution in [0.1, 0.15) is 18.9 Å². The number of ether oxygens (including phenoxy) is 1. The number of aliphatic imine (C=N–C) groups is 1. The van der Waals surface area contributed by atoms with E-state index in [1.54, 1.807) is 30.8 Å². The maximum atomic E-state index is 13.5. The number of benzene rings is 2. The Hall–Kier alpha value is -2.87. The van der Waals surface area contributed by atoms with Gasteiger partial charge in [-0.25, -0.2) is 9.82 Å². The minimum Gasteiger partial charge on any atom is -0.481 e. The van der Waals surface area contributed by atoms with Crippen LogP contribution in [0.15, 0.2) is 58.6 Å². The zero-order chi connectivity index (χ0) is 19.8. The first-order valence-electron chi connectivity index (χ1n) is 8.87. The fourth-order valence-corrected chi connectivity index (χ4v) is 3.24. The number of amides is 1. The second-order valence-corrected chi connectivity index (χ2v) is 7.13. The van der Waals surface area contributed by atoms with Gasteiger partial charge in [-0.15, -0.1) is 0 Å². The van der Waals surface area contributed by atoms with Gasteiger partial charge in [-0.05, 0) is 43.2 Å². The quantitative estimate of drug-likeness (QED) is 0.573. The number of para-hydroxylation sites is 1. The van der Waals surface area contributed by atoms with Crippen molar-refractivity contribution in [2.24, 2.45) is 10.1 Å². The zero-order valence-corrected chi connectivity index (χ0v) is 16.3. The van der Waals surface area contributed by atoms with Crippen molar-refractivity contribution in [2.45, 2.75) is 13.3 Å². The van der Waals surface area contributed by atoms with Gasteiger partial charge in [0.2, 0.25) is 0 Å². The van der Waals surface area contributed by atoms with Crippen LogP contribution in [0.5, 0.6) is 5.75 Å². The van der Waals surface area contributed by atoms with Crippen molar-refractivity contribution in [3.63, 3.8) is 0 Å². The van der Waals surface area contributed by atoms with E-state index in [2.05, 4.69) is 20.8 Å². The number of hydrogen-bond donors (Lipinski definition) is 2. The molecule has 0 saturated heterocycles. The van der Waals surface area contributed by atoms with Crippen molar-refractivity contribution in [2.75, 3.05) is 24.2 Å². The fourth-order valence-electron chi connectivity index (χ4n) is 2.40. The number of amidine groups is 1. The molecule has 1 amide bonds. The van der Waals surface area contributed by atoms with Crippen molar-refractivity contribution in [1.82, 2.24) is 5.43 Å². The summed E-state index contributed by atoms with van der Waals surface area (Å²) in [4.78, 5) is 16.3. The van der Waals surface area contributed by atoms with E-state index in [1.165, 1.54) is 12.1 Å². The highest BCUT2D eigenvalue weighted by Gasteiger charge is 2.08. The van der Waals surface area contributed by atoms with Crippen molar-refractivity contribution in [3.8, 4) is 5.75 Å². The molecular formula is C20H21FN4O2S. The lowest BCUT2D eigenvalue weighted by Crippen LogP contribution is -2.25. The first-order valence-corrected chi connectivity index (χ1v) is 9.85. The molecular weight excluding hydrogens is 379 g/mol. The summed E-state index contributed by atoms with van der Waals surface area (Å²) in [5, 5.41) is 8.30. The lowest BCUT2D eigenvalue weighted by Gasteiger charge is -2.13. The van der Waals surface area contributed by atoms with Crippen molar-refractivity contribution < 1.29 is 13.9 Å². The lowest BCUT2D eigenvalue weighted by atomic mass is 10.1. The van der Waals surface area contributed by atoms with Gasteiger partial charge in [0, 0.05) is 18.0 Å².